The number of nitrogens with zero attached hydrogens (tertiary/aromatic N) is 2. The third kappa shape index (κ3) is 2.60. The van der Waals surface area contributed by atoms with E-state index in [1.54, 1.807) is 7.11 Å². The zero-order chi connectivity index (χ0) is 14.1. The van der Waals surface area contributed by atoms with Crippen LogP contribution in [0.15, 0.2) is 4.52 Å². The van der Waals surface area contributed by atoms with Crippen molar-refractivity contribution in [2.45, 2.75) is 56.1 Å². The summed E-state index contributed by atoms with van der Waals surface area (Å²) in [5.41, 5.74) is 5.74. The second-order valence-corrected chi connectivity index (χ2v) is 6.07. The van der Waals surface area contributed by atoms with Gasteiger partial charge in [0.25, 0.3) is 0 Å². The van der Waals surface area contributed by atoms with Gasteiger partial charge in [-0.05, 0) is 12.8 Å². The van der Waals surface area contributed by atoms with Gasteiger partial charge in [-0.3, -0.25) is 0 Å². The molecular formula is C14H23N3O3. The summed E-state index contributed by atoms with van der Waals surface area (Å²) in [5, 5.41) is 4.13. The van der Waals surface area contributed by atoms with Gasteiger partial charge in [-0.15, -0.1) is 0 Å². The average molecular weight is 281 g/mol. The number of ether oxygens (including phenoxy) is 2. The Morgan fingerprint density at radius 3 is 2.55 bits per heavy atom. The largest absolute Gasteiger partial charge is 0.381 e. The van der Waals surface area contributed by atoms with Gasteiger partial charge in [0.15, 0.2) is 0 Å². The van der Waals surface area contributed by atoms with Crippen LogP contribution in [0.1, 0.15) is 50.2 Å². The fourth-order valence-corrected chi connectivity index (χ4v) is 3.29. The number of hydrogen-bond donors (Lipinski definition) is 1. The molecule has 0 atom stereocenters. The van der Waals surface area contributed by atoms with Gasteiger partial charge in [-0.2, -0.15) is 4.98 Å². The van der Waals surface area contributed by atoms with E-state index in [0.29, 0.717) is 31.3 Å². The highest BCUT2D eigenvalue weighted by Gasteiger charge is 2.40. The van der Waals surface area contributed by atoms with E-state index in [9.17, 15) is 0 Å². The lowest BCUT2D eigenvalue weighted by Gasteiger charge is -2.32. The lowest BCUT2D eigenvalue weighted by atomic mass is 9.93. The topological polar surface area (TPSA) is 83.4 Å². The standard InChI is InChI=1S/C14H23N3O3/c1-18-14(6-8-19-9-7-14)12-16-11(20-17-12)10-13(15)4-2-3-5-13/h2-10,15H2,1H3. The Hall–Kier alpha value is -0.980. The monoisotopic (exact) mass is 281 g/mol. The van der Waals surface area contributed by atoms with Gasteiger partial charge in [0.2, 0.25) is 11.7 Å². The van der Waals surface area contributed by atoms with E-state index in [1.807, 2.05) is 0 Å². The number of aromatic nitrogens is 2. The zero-order valence-electron chi connectivity index (χ0n) is 12.1. The first-order valence-electron chi connectivity index (χ1n) is 7.41. The Morgan fingerprint density at radius 1 is 1.20 bits per heavy atom. The van der Waals surface area contributed by atoms with Crippen LogP contribution in [0.3, 0.4) is 0 Å². The SMILES string of the molecule is COC1(c2noc(CC3(N)CCCC3)n2)CCOCC1. The minimum absolute atomic E-state index is 0.167. The number of hydrogen-bond acceptors (Lipinski definition) is 6. The molecular weight excluding hydrogens is 258 g/mol. The van der Waals surface area contributed by atoms with Gasteiger partial charge in [-0.25, -0.2) is 0 Å². The molecule has 1 aliphatic carbocycles. The maximum Gasteiger partial charge on any atom is 0.228 e. The summed E-state index contributed by atoms with van der Waals surface area (Å²) in [6.45, 7) is 1.33. The van der Waals surface area contributed by atoms with Crippen LogP contribution in [0, 0.1) is 0 Å². The van der Waals surface area contributed by atoms with E-state index >= 15 is 0 Å². The molecule has 1 aromatic rings. The van der Waals surface area contributed by atoms with Crippen molar-refractivity contribution in [2.24, 2.45) is 5.73 Å². The second-order valence-electron chi connectivity index (χ2n) is 6.07. The molecule has 0 radical (unpaired) electrons. The predicted octanol–water partition coefficient (Wildman–Crippen LogP) is 1.54. The maximum absolute atomic E-state index is 6.37. The van der Waals surface area contributed by atoms with Gasteiger partial charge >= 0.3 is 0 Å². The minimum Gasteiger partial charge on any atom is -0.381 e. The van der Waals surface area contributed by atoms with Crippen LogP contribution < -0.4 is 5.73 Å². The van der Waals surface area contributed by atoms with E-state index in [4.69, 9.17) is 19.7 Å². The van der Waals surface area contributed by atoms with E-state index in [-0.39, 0.29) is 5.54 Å². The summed E-state index contributed by atoms with van der Waals surface area (Å²) >= 11 is 0. The number of methoxy groups -OCH3 is 1. The van der Waals surface area contributed by atoms with Crippen molar-refractivity contribution in [3.63, 3.8) is 0 Å². The predicted molar refractivity (Wildman–Crippen MR) is 72.1 cm³/mol. The van der Waals surface area contributed by atoms with E-state index in [0.717, 1.165) is 25.7 Å². The highest BCUT2D eigenvalue weighted by Crippen LogP contribution is 2.35. The molecule has 0 amide bonds. The van der Waals surface area contributed by atoms with Gasteiger partial charge in [0.05, 0.1) is 0 Å². The molecule has 1 saturated heterocycles. The Morgan fingerprint density at radius 2 is 1.90 bits per heavy atom. The molecule has 112 valence electrons. The fraction of sp³-hybridized carbons (Fsp3) is 0.857. The summed E-state index contributed by atoms with van der Waals surface area (Å²) < 4.78 is 16.5. The first-order chi connectivity index (χ1) is 9.66. The molecule has 1 saturated carbocycles. The number of rotatable bonds is 4. The third-order valence-electron chi connectivity index (χ3n) is 4.67. The summed E-state index contributed by atoms with van der Waals surface area (Å²) in [4.78, 5) is 4.55. The van der Waals surface area contributed by atoms with Gasteiger partial charge in [0.1, 0.15) is 5.60 Å². The van der Waals surface area contributed by atoms with Gasteiger partial charge in [-0.1, -0.05) is 18.0 Å². The quantitative estimate of drug-likeness (QED) is 0.901. The highest BCUT2D eigenvalue weighted by atomic mass is 16.5. The van der Waals surface area contributed by atoms with Crippen molar-refractivity contribution in [3.8, 4) is 0 Å². The van der Waals surface area contributed by atoms with Crippen molar-refractivity contribution in [3.05, 3.63) is 11.7 Å². The lowest BCUT2D eigenvalue weighted by molar-refractivity contribution is -0.101. The van der Waals surface area contributed by atoms with E-state index < -0.39 is 5.60 Å². The van der Waals surface area contributed by atoms with Gasteiger partial charge < -0.3 is 19.7 Å². The Bertz CT molecular complexity index is 448. The van der Waals surface area contributed by atoms with Crippen LogP contribution in [0.25, 0.3) is 0 Å². The van der Waals surface area contributed by atoms with Crippen LogP contribution in [0.5, 0.6) is 0 Å². The van der Waals surface area contributed by atoms with Gasteiger partial charge in [0, 0.05) is 45.1 Å². The highest BCUT2D eigenvalue weighted by molar-refractivity contribution is 5.05. The van der Waals surface area contributed by atoms with Crippen molar-refractivity contribution in [2.75, 3.05) is 20.3 Å². The first kappa shape index (κ1) is 14.0. The summed E-state index contributed by atoms with van der Waals surface area (Å²) in [6, 6.07) is 0. The maximum atomic E-state index is 6.37. The second kappa shape index (κ2) is 5.42. The van der Waals surface area contributed by atoms with Crippen LogP contribution in [0.4, 0.5) is 0 Å². The summed E-state index contributed by atoms with van der Waals surface area (Å²) in [5.74, 6) is 1.27. The van der Waals surface area contributed by atoms with Crippen molar-refractivity contribution in [1.29, 1.82) is 0 Å². The van der Waals surface area contributed by atoms with Crippen molar-refractivity contribution < 1.29 is 14.0 Å². The first-order valence-corrected chi connectivity index (χ1v) is 7.41. The molecule has 2 heterocycles. The summed E-state index contributed by atoms with van der Waals surface area (Å²) in [6.07, 6.45) is 6.64. The Balaban J connectivity index is 1.75. The Labute approximate surface area is 119 Å². The molecule has 2 N–H and O–H groups in total. The fourth-order valence-electron chi connectivity index (χ4n) is 3.29. The molecule has 0 unspecified atom stereocenters. The van der Waals surface area contributed by atoms with E-state index in [2.05, 4.69) is 10.1 Å². The molecule has 6 nitrogen and oxygen atoms in total. The van der Waals surface area contributed by atoms with Crippen LogP contribution in [0.2, 0.25) is 0 Å². The van der Waals surface area contributed by atoms with Crippen LogP contribution >= 0.6 is 0 Å². The minimum atomic E-state index is -0.461. The normalized spacial score (nSPS) is 24.9. The zero-order valence-corrected chi connectivity index (χ0v) is 12.1. The smallest absolute Gasteiger partial charge is 0.228 e. The molecule has 1 aliphatic heterocycles. The molecule has 3 rings (SSSR count). The lowest BCUT2D eigenvalue weighted by Crippen LogP contribution is -2.39. The Kier molecular flexibility index (Phi) is 3.79. The molecule has 2 fully saturated rings. The van der Waals surface area contributed by atoms with Crippen LogP contribution in [-0.2, 0) is 21.5 Å². The molecule has 0 spiro atoms. The third-order valence-corrected chi connectivity index (χ3v) is 4.67. The summed E-state index contributed by atoms with van der Waals surface area (Å²) in [7, 11) is 1.70. The average Bonchev–Trinajstić information content (AvgIpc) is 3.10. The molecule has 1 aromatic heterocycles. The van der Waals surface area contributed by atoms with E-state index in [1.165, 1.54) is 12.8 Å². The van der Waals surface area contributed by atoms with Crippen molar-refractivity contribution >= 4 is 0 Å². The molecule has 0 bridgehead atoms. The van der Waals surface area contributed by atoms with Crippen molar-refractivity contribution in [1.82, 2.24) is 10.1 Å². The molecule has 20 heavy (non-hydrogen) atoms. The molecule has 6 heteroatoms. The molecule has 0 aromatic carbocycles. The van der Waals surface area contributed by atoms with Crippen LogP contribution in [-0.4, -0.2) is 36.0 Å². The number of nitrogens with two attached hydrogens (primary N) is 1. The molecule has 2 aliphatic rings.